The summed E-state index contributed by atoms with van der Waals surface area (Å²) in [6, 6.07) is 0.0718. The molecule has 1 atom stereocenters. The maximum absolute atomic E-state index is 11.6. The topological polar surface area (TPSA) is 41.1 Å². The second kappa shape index (κ2) is 5.31. The van der Waals surface area contributed by atoms with E-state index in [4.69, 9.17) is 0 Å². The van der Waals surface area contributed by atoms with Gasteiger partial charge >= 0.3 is 0 Å². The highest BCUT2D eigenvalue weighted by Crippen LogP contribution is 2.19. The van der Waals surface area contributed by atoms with E-state index in [9.17, 15) is 4.79 Å². The lowest BCUT2D eigenvalue weighted by atomic mass is 10.1. The maximum Gasteiger partial charge on any atom is 0.237 e. The quantitative estimate of drug-likeness (QED) is 0.685. The molecule has 15 heavy (non-hydrogen) atoms. The highest BCUT2D eigenvalue weighted by atomic mass is 16.2. The van der Waals surface area contributed by atoms with Crippen LogP contribution in [0.5, 0.6) is 0 Å². The molecular weight excluding hydrogens is 188 g/mol. The number of allylic oxidation sites excluding steroid dienone is 1. The van der Waals surface area contributed by atoms with Crippen LogP contribution in [0, 0.1) is 0 Å². The van der Waals surface area contributed by atoms with Crippen molar-refractivity contribution in [1.82, 2.24) is 10.6 Å². The van der Waals surface area contributed by atoms with Gasteiger partial charge in [-0.1, -0.05) is 11.6 Å². The van der Waals surface area contributed by atoms with Gasteiger partial charge in [0, 0.05) is 6.54 Å². The van der Waals surface area contributed by atoms with Gasteiger partial charge in [0.1, 0.15) is 0 Å². The Bertz CT molecular complexity index is 254. The van der Waals surface area contributed by atoms with Gasteiger partial charge in [0.15, 0.2) is 0 Å². The van der Waals surface area contributed by atoms with Crippen molar-refractivity contribution >= 4 is 5.91 Å². The normalized spacial score (nSPS) is 25.3. The van der Waals surface area contributed by atoms with E-state index < -0.39 is 0 Å². The molecular formula is C12H20N2O. The summed E-state index contributed by atoms with van der Waals surface area (Å²) in [5.41, 5.74) is 1.52. The van der Waals surface area contributed by atoms with E-state index in [0.717, 1.165) is 32.4 Å². The number of carbonyl (C=O) groups is 1. The van der Waals surface area contributed by atoms with Crippen molar-refractivity contribution in [3.8, 4) is 0 Å². The Hall–Kier alpha value is -0.830. The molecule has 2 rings (SSSR count). The Labute approximate surface area is 91.3 Å². The van der Waals surface area contributed by atoms with Gasteiger partial charge in [-0.05, 0) is 45.1 Å². The fourth-order valence-electron chi connectivity index (χ4n) is 2.34. The molecule has 2 N–H and O–H groups in total. The standard InChI is InChI=1S/C12H20N2O/c15-12(11-6-3-8-13-11)14-9-7-10-4-1-2-5-10/h4,11,13H,1-3,5-9H2,(H,14,15)/t11-/m0/s1. The van der Waals surface area contributed by atoms with E-state index in [1.165, 1.54) is 24.8 Å². The lowest BCUT2D eigenvalue weighted by Crippen LogP contribution is -2.40. The Balaban J connectivity index is 1.62. The second-order valence-electron chi connectivity index (χ2n) is 4.44. The Morgan fingerprint density at radius 1 is 1.53 bits per heavy atom. The minimum Gasteiger partial charge on any atom is -0.354 e. The molecule has 0 radical (unpaired) electrons. The fourth-order valence-corrected chi connectivity index (χ4v) is 2.34. The zero-order chi connectivity index (χ0) is 10.5. The summed E-state index contributed by atoms with van der Waals surface area (Å²) in [5.74, 6) is 0.186. The van der Waals surface area contributed by atoms with Gasteiger partial charge in [0.25, 0.3) is 0 Å². The molecule has 3 heteroatoms. The number of hydrogen-bond acceptors (Lipinski definition) is 2. The molecule has 0 unspecified atom stereocenters. The van der Waals surface area contributed by atoms with E-state index in [1.54, 1.807) is 0 Å². The van der Waals surface area contributed by atoms with Gasteiger partial charge in [-0.15, -0.1) is 0 Å². The fraction of sp³-hybridized carbons (Fsp3) is 0.750. The first-order valence-corrected chi connectivity index (χ1v) is 6.05. The van der Waals surface area contributed by atoms with Gasteiger partial charge in [-0.25, -0.2) is 0 Å². The first kappa shape index (κ1) is 10.7. The van der Waals surface area contributed by atoms with Crippen molar-refractivity contribution in [2.24, 2.45) is 0 Å². The molecule has 0 bridgehead atoms. The average molecular weight is 208 g/mol. The van der Waals surface area contributed by atoms with Gasteiger partial charge < -0.3 is 10.6 Å². The summed E-state index contributed by atoms with van der Waals surface area (Å²) in [5, 5.41) is 6.22. The summed E-state index contributed by atoms with van der Waals surface area (Å²) in [4.78, 5) is 11.6. The number of nitrogens with one attached hydrogen (secondary N) is 2. The summed E-state index contributed by atoms with van der Waals surface area (Å²) < 4.78 is 0. The van der Waals surface area contributed by atoms with E-state index in [1.807, 2.05) is 0 Å². The van der Waals surface area contributed by atoms with Crippen molar-refractivity contribution in [3.05, 3.63) is 11.6 Å². The molecule has 1 aliphatic carbocycles. The molecule has 0 aromatic rings. The third-order valence-corrected chi connectivity index (χ3v) is 3.26. The van der Waals surface area contributed by atoms with Crippen LogP contribution in [0.2, 0.25) is 0 Å². The van der Waals surface area contributed by atoms with Crippen LogP contribution in [-0.4, -0.2) is 25.0 Å². The molecule has 1 saturated heterocycles. The smallest absolute Gasteiger partial charge is 0.237 e. The number of amides is 1. The van der Waals surface area contributed by atoms with E-state index in [0.29, 0.717) is 0 Å². The molecule has 0 spiro atoms. The highest BCUT2D eigenvalue weighted by molar-refractivity contribution is 5.81. The second-order valence-corrected chi connectivity index (χ2v) is 4.44. The predicted molar refractivity (Wildman–Crippen MR) is 60.6 cm³/mol. The molecule has 84 valence electrons. The third-order valence-electron chi connectivity index (χ3n) is 3.26. The number of rotatable bonds is 4. The van der Waals surface area contributed by atoms with Crippen LogP contribution in [0.3, 0.4) is 0 Å². The molecule has 3 nitrogen and oxygen atoms in total. The van der Waals surface area contributed by atoms with Gasteiger partial charge in [-0.3, -0.25) is 4.79 Å². The first-order valence-electron chi connectivity index (χ1n) is 6.05. The minimum atomic E-state index is 0.0718. The van der Waals surface area contributed by atoms with Crippen LogP contribution in [0.15, 0.2) is 11.6 Å². The minimum absolute atomic E-state index is 0.0718. The van der Waals surface area contributed by atoms with E-state index in [-0.39, 0.29) is 11.9 Å². The van der Waals surface area contributed by atoms with Gasteiger partial charge in [-0.2, -0.15) is 0 Å². The first-order chi connectivity index (χ1) is 7.36. The van der Waals surface area contributed by atoms with E-state index >= 15 is 0 Å². The Kier molecular flexibility index (Phi) is 3.78. The maximum atomic E-state index is 11.6. The molecule has 0 aromatic carbocycles. The van der Waals surface area contributed by atoms with Crippen LogP contribution in [-0.2, 0) is 4.79 Å². The van der Waals surface area contributed by atoms with Crippen molar-refractivity contribution in [2.75, 3.05) is 13.1 Å². The third kappa shape index (κ3) is 3.06. The highest BCUT2D eigenvalue weighted by Gasteiger charge is 2.21. The average Bonchev–Trinajstić information content (AvgIpc) is 2.90. The zero-order valence-corrected chi connectivity index (χ0v) is 9.22. The summed E-state index contributed by atoms with van der Waals surface area (Å²) in [7, 11) is 0. The van der Waals surface area contributed by atoms with Crippen LogP contribution < -0.4 is 10.6 Å². The molecule has 1 aliphatic heterocycles. The van der Waals surface area contributed by atoms with Crippen LogP contribution >= 0.6 is 0 Å². The number of carbonyl (C=O) groups excluding carboxylic acids is 1. The monoisotopic (exact) mass is 208 g/mol. The predicted octanol–water partition coefficient (Wildman–Crippen LogP) is 1.35. The lowest BCUT2D eigenvalue weighted by molar-refractivity contribution is -0.122. The van der Waals surface area contributed by atoms with E-state index in [2.05, 4.69) is 16.7 Å². The molecule has 1 heterocycles. The van der Waals surface area contributed by atoms with Crippen molar-refractivity contribution in [2.45, 2.75) is 44.6 Å². The molecule has 0 aromatic heterocycles. The Morgan fingerprint density at radius 3 is 3.13 bits per heavy atom. The molecule has 2 aliphatic rings. The summed E-state index contributed by atoms with van der Waals surface area (Å²) in [6.07, 6.45) is 9.24. The van der Waals surface area contributed by atoms with Gasteiger partial charge in [0.05, 0.1) is 6.04 Å². The van der Waals surface area contributed by atoms with Crippen molar-refractivity contribution in [3.63, 3.8) is 0 Å². The van der Waals surface area contributed by atoms with Crippen LogP contribution in [0.25, 0.3) is 0 Å². The molecule has 1 fully saturated rings. The summed E-state index contributed by atoms with van der Waals surface area (Å²) >= 11 is 0. The van der Waals surface area contributed by atoms with Crippen LogP contribution in [0.4, 0.5) is 0 Å². The molecule has 1 amide bonds. The molecule has 0 saturated carbocycles. The van der Waals surface area contributed by atoms with Crippen molar-refractivity contribution in [1.29, 1.82) is 0 Å². The number of hydrogen-bond donors (Lipinski definition) is 2. The van der Waals surface area contributed by atoms with Crippen LogP contribution in [0.1, 0.15) is 38.5 Å². The largest absolute Gasteiger partial charge is 0.354 e. The van der Waals surface area contributed by atoms with Gasteiger partial charge in [0.2, 0.25) is 5.91 Å². The summed E-state index contributed by atoms with van der Waals surface area (Å²) in [6.45, 7) is 1.80. The Morgan fingerprint density at radius 2 is 2.47 bits per heavy atom. The zero-order valence-electron chi connectivity index (χ0n) is 9.22. The SMILES string of the molecule is O=C(NCCC1=CCCC1)[C@@H]1CCCN1. The lowest BCUT2D eigenvalue weighted by Gasteiger charge is -2.11. The van der Waals surface area contributed by atoms with Crippen molar-refractivity contribution < 1.29 is 4.79 Å².